The summed E-state index contributed by atoms with van der Waals surface area (Å²) in [5.74, 6) is 0. The summed E-state index contributed by atoms with van der Waals surface area (Å²) in [6, 6.07) is 0. The number of hydrogen-bond donors (Lipinski definition) is 1. The summed E-state index contributed by atoms with van der Waals surface area (Å²) >= 11 is 0. The highest BCUT2D eigenvalue weighted by Gasteiger charge is 2.04. The van der Waals surface area contributed by atoms with E-state index < -0.39 is 0 Å². The molecule has 0 radical (unpaired) electrons. The van der Waals surface area contributed by atoms with Gasteiger partial charge in [0.15, 0.2) is 0 Å². The fourth-order valence-corrected chi connectivity index (χ4v) is 1.39. The summed E-state index contributed by atoms with van der Waals surface area (Å²) in [7, 11) is 0. The summed E-state index contributed by atoms with van der Waals surface area (Å²) < 4.78 is 4.62. The first-order valence-corrected chi connectivity index (χ1v) is 5.49. The van der Waals surface area contributed by atoms with Crippen LogP contribution in [-0.4, -0.2) is 41.4 Å². The van der Waals surface area contributed by atoms with Crippen LogP contribution in [0.2, 0.25) is 0 Å². The van der Waals surface area contributed by atoms with Crippen LogP contribution in [0.15, 0.2) is 4.63 Å². The van der Waals surface area contributed by atoms with Crippen LogP contribution in [0.5, 0.6) is 0 Å². The summed E-state index contributed by atoms with van der Waals surface area (Å²) in [5.41, 5.74) is 1.76. The number of rotatable bonds is 7. The Hall–Kier alpha value is -0.940. The van der Waals surface area contributed by atoms with E-state index in [-0.39, 0.29) is 0 Å². The standard InChI is InChI=1S/C10H20N4O/c1-4-14(5-2)7-6-11-8-10-9(3)12-15-13-10/h11H,4-8H2,1-3H3. The fraction of sp³-hybridized carbons (Fsp3) is 0.800. The Morgan fingerprint density at radius 1 is 1.27 bits per heavy atom. The highest BCUT2D eigenvalue weighted by molar-refractivity contribution is 5.03. The van der Waals surface area contributed by atoms with Gasteiger partial charge in [0.1, 0.15) is 11.4 Å². The summed E-state index contributed by atoms with van der Waals surface area (Å²) in [5, 5.41) is 10.9. The SMILES string of the molecule is CCN(CC)CCNCc1nonc1C. The summed E-state index contributed by atoms with van der Waals surface area (Å²) in [6.07, 6.45) is 0. The molecule has 1 aromatic rings. The molecule has 86 valence electrons. The molecule has 0 spiro atoms. The molecule has 0 atom stereocenters. The fourth-order valence-electron chi connectivity index (χ4n) is 1.39. The van der Waals surface area contributed by atoms with Crippen LogP contribution in [0.25, 0.3) is 0 Å². The second-order valence-corrected chi connectivity index (χ2v) is 3.50. The third-order valence-electron chi connectivity index (χ3n) is 2.54. The number of hydrogen-bond acceptors (Lipinski definition) is 5. The van der Waals surface area contributed by atoms with Gasteiger partial charge in [0.2, 0.25) is 0 Å². The van der Waals surface area contributed by atoms with E-state index in [0.717, 1.165) is 44.1 Å². The molecule has 1 aromatic heterocycles. The van der Waals surface area contributed by atoms with E-state index in [1.54, 1.807) is 0 Å². The van der Waals surface area contributed by atoms with Crippen molar-refractivity contribution in [3.63, 3.8) is 0 Å². The van der Waals surface area contributed by atoms with Gasteiger partial charge in [-0.2, -0.15) is 0 Å². The van der Waals surface area contributed by atoms with E-state index in [9.17, 15) is 0 Å². The van der Waals surface area contributed by atoms with Crippen molar-refractivity contribution in [1.29, 1.82) is 0 Å². The lowest BCUT2D eigenvalue weighted by Crippen LogP contribution is -2.31. The summed E-state index contributed by atoms with van der Waals surface area (Å²) in [6.45, 7) is 11.2. The predicted octanol–water partition coefficient (Wildman–Crippen LogP) is 0.809. The van der Waals surface area contributed by atoms with Crippen molar-refractivity contribution in [1.82, 2.24) is 20.5 Å². The van der Waals surface area contributed by atoms with E-state index in [1.165, 1.54) is 0 Å². The first-order valence-electron chi connectivity index (χ1n) is 5.49. The molecule has 0 unspecified atom stereocenters. The van der Waals surface area contributed by atoms with Crippen LogP contribution < -0.4 is 5.32 Å². The number of nitrogens with one attached hydrogen (secondary N) is 1. The normalized spacial score (nSPS) is 11.2. The Bertz CT molecular complexity index is 270. The molecule has 1 heterocycles. The second-order valence-electron chi connectivity index (χ2n) is 3.50. The van der Waals surface area contributed by atoms with E-state index in [4.69, 9.17) is 0 Å². The maximum Gasteiger partial charge on any atom is 0.121 e. The van der Waals surface area contributed by atoms with Crippen LogP contribution in [0, 0.1) is 6.92 Å². The van der Waals surface area contributed by atoms with Gasteiger partial charge in [-0.25, -0.2) is 4.63 Å². The van der Waals surface area contributed by atoms with E-state index >= 15 is 0 Å². The minimum absolute atomic E-state index is 0.733. The maximum atomic E-state index is 4.62. The Labute approximate surface area is 90.8 Å². The van der Waals surface area contributed by atoms with Gasteiger partial charge in [0.05, 0.1) is 0 Å². The molecule has 5 nitrogen and oxygen atoms in total. The van der Waals surface area contributed by atoms with Crippen molar-refractivity contribution in [3.05, 3.63) is 11.4 Å². The Balaban J connectivity index is 2.14. The average Bonchev–Trinajstić information content (AvgIpc) is 2.65. The lowest BCUT2D eigenvalue weighted by atomic mass is 10.3. The first-order chi connectivity index (χ1) is 7.27. The highest BCUT2D eigenvalue weighted by atomic mass is 16.6. The molecule has 0 fully saturated rings. The zero-order chi connectivity index (χ0) is 11.1. The van der Waals surface area contributed by atoms with Crippen molar-refractivity contribution in [2.24, 2.45) is 0 Å². The van der Waals surface area contributed by atoms with Crippen LogP contribution in [0.4, 0.5) is 0 Å². The van der Waals surface area contributed by atoms with Crippen LogP contribution in [-0.2, 0) is 6.54 Å². The molecule has 0 amide bonds. The lowest BCUT2D eigenvalue weighted by Gasteiger charge is -2.17. The smallest absolute Gasteiger partial charge is 0.121 e. The molecular formula is C10H20N4O. The van der Waals surface area contributed by atoms with Gasteiger partial charge in [0.25, 0.3) is 0 Å². The van der Waals surface area contributed by atoms with Gasteiger partial charge in [-0.05, 0) is 20.0 Å². The second kappa shape index (κ2) is 6.53. The van der Waals surface area contributed by atoms with Gasteiger partial charge in [-0.3, -0.25) is 0 Å². The lowest BCUT2D eigenvalue weighted by molar-refractivity contribution is 0.294. The molecule has 1 N–H and O–H groups in total. The van der Waals surface area contributed by atoms with Gasteiger partial charge < -0.3 is 10.2 Å². The van der Waals surface area contributed by atoms with Gasteiger partial charge in [-0.1, -0.05) is 24.2 Å². The van der Waals surface area contributed by atoms with Gasteiger partial charge in [0, 0.05) is 19.6 Å². The van der Waals surface area contributed by atoms with Gasteiger partial charge >= 0.3 is 0 Å². The molecule has 15 heavy (non-hydrogen) atoms. The minimum atomic E-state index is 0.733. The molecular weight excluding hydrogens is 192 g/mol. The topological polar surface area (TPSA) is 54.2 Å². The quantitative estimate of drug-likeness (QED) is 0.678. The number of nitrogens with zero attached hydrogens (tertiary/aromatic N) is 3. The highest BCUT2D eigenvalue weighted by Crippen LogP contribution is 1.98. The Kier molecular flexibility index (Phi) is 5.28. The van der Waals surface area contributed by atoms with E-state index in [2.05, 4.69) is 39.0 Å². The average molecular weight is 212 g/mol. The molecule has 0 saturated carbocycles. The van der Waals surface area contributed by atoms with Crippen LogP contribution >= 0.6 is 0 Å². The molecule has 0 aliphatic rings. The molecule has 0 bridgehead atoms. The van der Waals surface area contributed by atoms with Crippen molar-refractivity contribution in [2.75, 3.05) is 26.2 Å². The molecule has 0 aliphatic heterocycles. The van der Waals surface area contributed by atoms with Crippen LogP contribution in [0.1, 0.15) is 25.2 Å². The Morgan fingerprint density at radius 2 is 2.00 bits per heavy atom. The third kappa shape index (κ3) is 3.97. The minimum Gasteiger partial charge on any atom is -0.310 e. The Morgan fingerprint density at radius 3 is 2.53 bits per heavy atom. The molecule has 0 aliphatic carbocycles. The van der Waals surface area contributed by atoms with Gasteiger partial charge in [-0.15, -0.1) is 0 Å². The zero-order valence-electron chi connectivity index (χ0n) is 9.79. The largest absolute Gasteiger partial charge is 0.310 e. The molecule has 5 heteroatoms. The van der Waals surface area contributed by atoms with Crippen molar-refractivity contribution >= 4 is 0 Å². The monoisotopic (exact) mass is 212 g/mol. The van der Waals surface area contributed by atoms with Crippen molar-refractivity contribution in [3.8, 4) is 0 Å². The summed E-state index contributed by atoms with van der Waals surface area (Å²) in [4.78, 5) is 2.38. The molecule has 0 saturated heterocycles. The molecule has 1 rings (SSSR count). The van der Waals surface area contributed by atoms with Crippen molar-refractivity contribution in [2.45, 2.75) is 27.3 Å². The maximum absolute atomic E-state index is 4.62. The van der Waals surface area contributed by atoms with Crippen LogP contribution in [0.3, 0.4) is 0 Å². The third-order valence-corrected chi connectivity index (χ3v) is 2.54. The zero-order valence-corrected chi connectivity index (χ0v) is 9.79. The predicted molar refractivity (Wildman–Crippen MR) is 58.5 cm³/mol. The van der Waals surface area contributed by atoms with E-state index in [1.807, 2.05) is 6.92 Å². The number of aromatic nitrogens is 2. The number of aryl methyl sites for hydroxylation is 1. The first kappa shape index (κ1) is 12.1. The van der Waals surface area contributed by atoms with Crippen molar-refractivity contribution < 1.29 is 4.63 Å². The number of likely N-dealkylation sites (N-methyl/N-ethyl adjacent to an activating group) is 1. The van der Waals surface area contributed by atoms with E-state index in [0.29, 0.717) is 0 Å². The molecule has 0 aromatic carbocycles.